The fourth-order valence-electron chi connectivity index (χ4n) is 4.71. The SMILES string of the molecule is CC1=C(C(=O)OC2CCCCC2)C(c2cccc(Cl)c2Cl)C2=C(CCCC2=O)N1. The maximum absolute atomic E-state index is 13.3. The quantitative estimate of drug-likeness (QED) is 0.608. The van der Waals surface area contributed by atoms with Crippen molar-refractivity contribution >= 4 is 35.0 Å². The number of esters is 1. The third kappa shape index (κ3) is 3.97. The molecule has 1 unspecified atom stereocenters. The first kappa shape index (κ1) is 20.5. The number of nitrogens with one attached hydrogen (secondary N) is 1. The molecule has 3 aliphatic rings. The summed E-state index contributed by atoms with van der Waals surface area (Å²) in [7, 11) is 0. The first-order valence-corrected chi connectivity index (χ1v) is 11.1. The van der Waals surface area contributed by atoms with Crippen LogP contribution in [0.15, 0.2) is 40.7 Å². The van der Waals surface area contributed by atoms with Gasteiger partial charge in [0.15, 0.2) is 5.78 Å². The van der Waals surface area contributed by atoms with Gasteiger partial charge in [0.25, 0.3) is 0 Å². The number of allylic oxidation sites excluding steroid dienone is 3. The number of carbonyl (C=O) groups excluding carboxylic acids is 2. The molecule has 29 heavy (non-hydrogen) atoms. The molecule has 0 bridgehead atoms. The van der Waals surface area contributed by atoms with E-state index in [1.54, 1.807) is 12.1 Å². The van der Waals surface area contributed by atoms with Crippen LogP contribution >= 0.6 is 23.2 Å². The molecule has 4 nitrogen and oxygen atoms in total. The Morgan fingerprint density at radius 1 is 1.10 bits per heavy atom. The molecule has 2 aliphatic carbocycles. The van der Waals surface area contributed by atoms with Gasteiger partial charge in [-0.25, -0.2) is 4.79 Å². The van der Waals surface area contributed by atoms with E-state index in [0.29, 0.717) is 33.2 Å². The molecule has 0 spiro atoms. The summed E-state index contributed by atoms with van der Waals surface area (Å²) in [6.07, 6.45) is 7.10. The van der Waals surface area contributed by atoms with Crippen LogP contribution in [0.4, 0.5) is 0 Å². The molecule has 1 saturated carbocycles. The molecule has 1 atom stereocenters. The highest BCUT2D eigenvalue weighted by molar-refractivity contribution is 6.42. The molecule has 1 aromatic rings. The summed E-state index contributed by atoms with van der Waals surface area (Å²) in [5.74, 6) is -0.871. The van der Waals surface area contributed by atoms with Gasteiger partial charge in [0.1, 0.15) is 6.10 Å². The Kier molecular flexibility index (Phi) is 6.03. The van der Waals surface area contributed by atoms with Crippen LogP contribution in [0.25, 0.3) is 0 Å². The third-order valence-corrected chi connectivity index (χ3v) is 6.95. The Morgan fingerprint density at radius 3 is 2.62 bits per heavy atom. The first-order valence-electron chi connectivity index (χ1n) is 10.4. The smallest absolute Gasteiger partial charge is 0.337 e. The second-order valence-electron chi connectivity index (χ2n) is 8.07. The van der Waals surface area contributed by atoms with Crippen molar-refractivity contribution in [3.8, 4) is 0 Å². The van der Waals surface area contributed by atoms with Crippen molar-refractivity contribution in [2.45, 2.75) is 70.3 Å². The van der Waals surface area contributed by atoms with Gasteiger partial charge in [-0.1, -0.05) is 41.8 Å². The summed E-state index contributed by atoms with van der Waals surface area (Å²) in [6, 6.07) is 5.36. The van der Waals surface area contributed by atoms with E-state index < -0.39 is 5.92 Å². The minimum atomic E-state index is -0.554. The van der Waals surface area contributed by atoms with E-state index in [4.69, 9.17) is 27.9 Å². The number of benzene rings is 1. The lowest BCUT2D eigenvalue weighted by atomic mass is 9.75. The van der Waals surface area contributed by atoms with Crippen LogP contribution < -0.4 is 5.32 Å². The lowest BCUT2D eigenvalue weighted by molar-refractivity contribution is -0.146. The molecular weight excluding hydrogens is 409 g/mol. The maximum Gasteiger partial charge on any atom is 0.337 e. The lowest BCUT2D eigenvalue weighted by Crippen LogP contribution is -2.35. The van der Waals surface area contributed by atoms with Gasteiger partial charge in [-0.05, 0) is 57.1 Å². The van der Waals surface area contributed by atoms with Crippen LogP contribution in [0, 0.1) is 0 Å². The summed E-state index contributed by atoms with van der Waals surface area (Å²) in [6.45, 7) is 1.87. The molecule has 0 aromatic heterocycles. The number of halogens is 2. The van der Waals surface area contributed by atoms with Gasteiger partial charge in [0, 0.05) is 29.3 Å². The second kappa shape index (κ2) is 8.53. The number of hydrogen-bond donors (Lipinski definition) is 1. The van der Waals surface area contributed by atoms with Gasteiger partial charge in [-0.2, -0.15) is 0 Å². The molecule has 6 heteroatoms. The highest BCUT2D eigenvalue weighted by Crippen LogP contribution is 2.46. The molecule has 154 valence electrons. The topological polar surface area (TPSA) is 55.4 Å². The van der Waals surface area contributed by atoms with E-state index in [0.717, 1.165) is 49.9 Å². The molecule has 1 N–H and O–H groups in total. The fraction of sp³-hybridized carbons (Fsp3) is 0.478. The van der Waals surface area contributed by atoms with Crippen molar-refractivity contribution in [1.82, 2.24) is 5.32 Å². The van der Waals surface area contributed by atoms with Gasteiger partial charge in [0.2, 0.25) is 0 Å². The summed E-state index contributed by atoms with van der Waals surface area (Å²) in [4.78, 5) is 26.2. The predicted octanol–water partition coefficient (Wildman–Crippen LogP) is 5.84. The zero-order valence-corrected chi connectivity index (χ0v) is 18.0. The number of hydrogen-bond acceptors (Lipinski definition) is 4. The third-order valence-electron chi connectivity index (χ3n) is 6.11. The average molecular weight is 434 g/mol. The van der Waals surface area contributed by atoms with Crippen molar-refractivity contribution in [3.63, 3.8) is 0 Å². The Morgan fingerprint density at radius 2 is 1.86 bits per heavy atom. The van der Waals surface area contributed by atoms with E-state index in [1.807, 2.05) is 13.0 Å². The molecule has 1 fully saturated rings. The van der Waals surface area contributed by atoms with Gasteiger partial charge in [-0.15, -0.1) is 0 Å². The molecule has 1 heterocycles. The second-order valence-corrected chi connectivity index (χ2v) is 8.86. The number of rotatable bonds is 3. The van der Waals surface area contributed by atoms with Crippen molar-refractivity contribution in [1.29, 1.82) is 0 Å². The van der Waals surface area contributed by atoms with Gasteiger partial charge in [0.05, 0.1) is 15.6 Å². The van der Waals surface area contributed by atoms with Crippen LogP contribution in [0.3, 0.4) is 0 Å². The Balaban J connectivity index is 1.78. The van der Waals surface area contributed by atoms with Crippen LogP contribution in [0.1, 0.15) is 69.8 Å². The molecule has 0 saturated heterocycles. The molecule has 0 amide bonds. The van der Waals surface area contributed by atoms with Gasteiger partial charge in [-0.3, -0.25) is 4.79 Å². The number of ketones is 1. The molecule has 4 rings (SSSR count). The normalized spacial score (nSPS) is 23.0. The van der Waals surface area contributed by atoms with Crippen molar-refractivity contribution in [3.05, 3.63) is 56.3 Å². The van der Waals surface area contributed by atoms with Gasteiger partial charge < -0.3 is 10.1 Å². The van der Waals surface area contributed by atoms with Crippen LogP contribution in [0.5, 0.6) is 0 Å². The van der Waals surface area contributed by atoms with E-state index in [1.165, 1.54) is 6.42 Å². The van der Waals surface area contributed by atoms with Crippen LogP contribution in [0.2, 0.25) is 10.0 Å². The Labute approximate surface area is 181 Å². The Hall–Kier alpha value is -1.78. The van der Waals surface area contributed by atoms with E-state index in [-0.39, 0.29) is 17.9 Å². The highest BCUT2D eigenvalue weighted by Gasteiger charge is 2.40. The highest BCUT2D eigenvalue weighted by atomic mass is 35.5. The fourth-order valence-corrected chi connectivity index (χ4v) is 5.12. The minimum absolute atomic E-state index is 0.0512. The summed E-state index contributed by atoms with van der Waals surface area (Å²) in [5, 5.41) is 4.10. The van der Waals surface area contributed by atoms with Crippen molar-refractivity contribution in [2.24, 2.45) is 0 Å². The zero-order valence-electron chi connectivity index (χ0n) is 16.5. The minimum Gasteiger partial charge on any atom is -0.459 e. The average Bonchev–Trinajstić information content (AvgIpc) is 2.70. The van der Waals surface area contributed by atoms with Crippen LogP contribution in [-0.2, 0) is 14.3 Å². The first-order chi connectivity index (χ1) is 14.0. The zero-order chi connectivity index (χ0) is 20.5. The summed E-state index contributed by atoms with van der Waals surface area (Å²) < 4.78 is 5.89. The maximum atomic E-state index is 13.3. The number of Topliss-reactive ketones (excluding diaryl/α,β-unsaturated/α-hetero) is 1. The van der Waals surface area contributed by atoms with Crippen LogP contribution in [-0.4, -0.2) is 17.9 Å². The van der Waals surface area contributed by atoms with Gasteiger partial charge >= 0.3 is 5.97 Å². The Bertz CT molecular complexity index is 913. The molecule has 0 radical (unpaired) electrons. The molecule has 1 aromatic carbocycles. The monoisotopic (exact) mass is 433 g/mol. The van der Waals surface area contributed by atoms with Crippen molar-refractivity contribution in [2.75, 3.05) is 0 Å². The standard InChI is InChI=1S/C23H25Cl2NO3/c1-13-19(23(28)29-14-7-3-2-4-8-14)20(15-9-5-10-16(24)22(15)25)21-17(26-13)11-6-12-18(21)27/h5,9-10,14,20,26H,2-4,6-8,11-12H2,1H3. The number of dihydropyridines is 1. The van der Waals surface area contributed by atoms with E-state index >= 15 is 0 Å². The summed E-state index contributed by atoms with van der Waals surface area (Å²) >= 11 is 12.8. The van der Waals surface area contributed by atoms with E-state index in [9.17, 15) is 9.59 Å². The summed E-state index contributed by atoms with van der Waals surface area (Å²) in [5.41, 5.74) is 3.38. The predicted molar refractivity (Wildman–Crippen MR) is 114 cm³/mol. The van der Waals surface area contributed by atoms with Crippen molar-refractivity contribution < 1.29 is 14.3 Å². The number of carbonyl (C=O) groups is 2. The largest absolute Gasteiger partial charge is 0.459 e. The lowest BCUT2D eigenvalue weighted by Gasteiger charge is -2.35. The molecule has 1 aliphatic heterocycles. The number of ether oxygens (including phenoxy) is 1. The van der Waals surface area contributed by atoms with E-state index in [2.05, 4.69) is 5.32 Å². The molecular formula is C23H25Cl2NO3.